The van der Waals surface area contributed by atoms with Gasteiger partial charge < -0.3 is 34.2 Å². The van der Waals surface area contributed by atoms with Crippen LogP contribution in [0.1, 0.15) is 28.6 Å². The first-order valence-corrected chi connectivity index (χ1v) is 18.4. The van der Waals surface area contributed by atoms with Crippen molar-refractivity contribution in [1.82, 2.24) is 34.9 Å². The summed E-state index contributed by atoms with van der Waals surface area (Å²) in [5.74, 6) is 0.356. The van der Waals surface area contributed by atoms with Gasteiger partial charge in [0.1, 0.15) is 24.9 Å². The van der Waals surface area contributed by atoms with Gasteiger partial charge in [-0.1, -0.05) is 53.8 Å². The van der Waals surface area contributed by atoms with E-state index in [1.807, 2.05) is 42.5 Å². The molecule has 3 aliphatic heterocycles. The number of hydrogen-bond donors (Lipinski definition) is 1. The SMILES string of the molecule is O=C1[C@H]2Cc3c([nH]c4ccccc34)[C@@H](c3ccc4c(c3)OCO4)N2C(=O)CN1Cc1cn(C/C=C/COc2no[n+]([O-])c2S(=O)(=O)c2ccccc2)nn1. The van der Waals surface area contributed by atoms with Gasteiger partial charge in [-0.25, -0.2) is 13.1 Å². The number of nitrogens with one attached hydrogen (secondary N) is 1. The van der Waals surface area contributed by atoms with Crippen LogP contribution in [0.3, 0.4) is 0 Å². The first-order valence-electron chi connectivity index (χ1n) is 16.9. The van der Waals surface area contributed by atoms with Gasteiger partial charge in [-0.3, -0.25) is 14.2 Å². The fourth-order valence-corrected chi connectivity index (χ4v) is 8.50. The highest BCUT2D eigenvalue weighted by Crippen LogP contribution is 2.45. The molecule has 0 radical (unpaired) electrons. The molecule has 1 N–H and O–H groups in total. The quantitative estimate of drug-likeness (QED) is 0.159. The van der Waals surface area contributed by atoms with E-state index in [0.29, 0.717) is 23.6 Å². The molecule has 1 fully saturated rings. The molecule has 6 heterocycles. The van der Waals surface area contributed by atoms with Gasteiger partial charge >= 0.3 is 10.9 Å². The van der Waals surface area contributed by atoms with Gasteiger partial charge in [-0.05, 0) is 52.4 Å². The molecule has 9 rings (SSSR count). The lowest BCUT2D eigenvalue weighted by atomic mass is 9.86. The van der Waals surface area contributed by atoms with Gasteiger partial charge in [0.25, 0.3) is 9.84 Å². The van der Waals surface area contributed by atoms with Gasteiger partial charge in [-0.15, -0.1) is 5.10 Å². The molecular formula is C36H30N8O9S. The summed E-state index contributed by atoms with van der Waals surface area (Å²) in [6, 6.07) is 19.6. The lowest BCUT2D eigenvalue weighted by Gasteiger charge is -2.47. The monoisotopic (exact) mass is 750 g/mol. The Labute approximate surface area is 306 Å². The lowest BCUT2D eigenvalue weighted by Crippen LogP contribution is -2.62. The van der Waals surface area contributed by atoms with E-state index in [1.54, 1.807) is 29.3 Å². The summed E-state index contributed by atoms with van der Waals surface area (Å²) in [6.07, 6.45) is 5.31. The van der Waals surface area contributed by atoms with Crippen molar-refractivity contribution >= 4 is 32.6 Å². The molecule has 0 bridgehead atoms. The number of allylic oxidation sites excluding steroid dienone is 1. The highest BCUT2D eigenvalue weighted by Gasteiger charge is 2.48. The highest BCUT2D eigenvalue weighted by atomic mass is 32.2. The molecule has 0 saturated carbocycles. The smallest absolute Gasteiger partial charge is 0.415 e. The lowest BCUT2D eigenvalue weighted by molar-refractivity contribution is -0.832. The average Bonchev–Trinajstić information content (AvgIpc) is 3.99. The third-order valence-electron chi connectivity index (χ3n) is 9.62. The van der Waals surface area contributed by atoms with E-state index < -0.39 is 32.8 Å². The zero-order chi connectivity index (χ0) is 37.0. The summed E-state index contributed by atoms with van der Waals surface area (Å²) >= 11 is 0. The van der Waals surface area contributed by atoms with E-state index in [0.717, 1.165) is 27.7 Å². The Bertz CT molecular complexity index is 2560. The van der Waals surface area contributed by atoms with E-state index in [1.165, 1.54) is 33.8 Å². The maximum absolute atomic E-state index is 14.2. The Morgan fingerprint density at radius 3 is 2.70 bits per heavy atom. The molecule has 54 heavy (non-hydrogen) atoms. The van der Waals surface area contributed by atoms with Crippen molar-refractivity contribution in [2.45, 2.75) is 41.5 Å². The van der Waals surface area contributed by atoms with Crippen LogP contribution in [0.5, 0.6) is 17.4 Å². The Kier molecular flexibility index (Phi) is 8.02. The normalized spacial score (nSPS) is 18.1. The first-order chi connectivity index (χ1) is 26.3. The number of aromatic amines is 1. The summed E-state index contributed by atoms with van der Waals surface area (Å²) in [4.78, 5) is 34.6. The standard InChI is InChI=1S/C36H30N8O9S/c45-31-20-41(18-23-19-42(40-38-23)14-6-7-15-50-34-36(44(47)53-39-34)54(48,49)24-8-2-1-3-9-24)35(46)28-17-26-25-10-4-5-11-27(25)37-32(26)33(43(28)31)22-12-13-29-30(16-22)52-21-51-29/h1-13,16,19,28,33,37H,14-15,17-18,20-21H2/b7-6+/t28-,33-/m1/s1. The molecule has 0 aliphatic carbocycles. The second-order valence-corrected chi connectivity index (χ2v) is 14.7. The number of amides is 2. The van der Waals surface area contributed by atoms with Crippen LogP contribution >= 0.6 is 0 Å². The molecule has 3 aliphatic rings. The molecule has 1 saturated heterocycles. The fourth-order valence-electron chi connectivity index (χ4n) is 7.20. The van der Waals surface area contributed by atoms with E-state index in [9.17, 15) is 23.2 Å². The zero-order valence-corrected chi connectivity index (χ0v) is 29.1. The van der Waals surface area contributed by atoms with Gasteiger partial charge in [0.05, 0.1) is 35.4 Å². The van der Waals surface area contributed by atoms with Crippen molar-refractivity contribution in [3.05, 3.63) is 119 Å². The Hall–Kier alpha value is -6.69. The number of para-hydroxylation sites is 1. The summed E-state index contributed by atoms with van der Waals surface area (Å²) in [5, 5.41) is 24.2. The third kappa shape index (κ3) is 5.67. The fraction of sp³-hybridized carbons (Fsp3) is 0.222. The van der Waals surface area contributed by atoms with E-state index in [2.05, 4.69) is 25.1 Å². The topological polar surface area (TPSA) is 202 Å². The number of carbonyl (C=O) groups is 2. The molecule has 0 spiro atoms. The maximum atomic E-state index is 14.2. The molecular weight excluding hydrogens is 721 g/mol. The van der Waals surface area contributed by atoms with Crippen molar-refractivity contribution in [3.63, 3.8) is 0 Å². The number of benzene rings is 3. The largest absolute Gasteiger partial charge is 0.454 e. The number of H-pyrrole nitrogens is 1. The summed E-state index contributed by atoms with van der Waals surface area (Å²) in [7, 11) is -4.24. The Morgan fingerprint density at radius 2 is 1.83 bits per heavy atom. The molecule has 274 valence electrons. The molecule has 18 heteroatoms. The summed E-state index contributed by atoms with van der Waals surface area (Å²) in [5.41, 5.74) is 4.08. The van der Waals surface area contributed by atoms with Crippen LogP contribution in [0.25, 0.3) is 10.9 Å². The van der Waals surface area contributed by atoms with Crippen LogP contribution in [0.15, 0.2) is 106 Å². The number of ether oxygens (including phenoxy) is 3. The summed E-state index contributed by atoms with van der Waals surface area (Å²) in [6.45, 7) is 0.197. The second kappa shape index (κ2) is 13.1. The number of nitrogens with zero attached hydrogens (tertiary/aromatic N) is 7. The third-order valence-corrected chi connectivity index (χ3v) is 11.3. The number of carbonyl (C=O) groups excluding carboxylic acids is 2. The number of fused-ring (bicyclic) bond motifs is 5. The molecule has 17 nitrogen and oxygen atoms in total. The zero-order valence-electron chi connectivity index (χ0n) is 28.3. The van der Waals surface area contributed by atoms with Crippen molar-refractivity contribution in [3.8, 4) is 17.4 Å². The molecule has 3 aromatic carbocycles. The first kappa shape index (κ1) is 33.2. The van der Waals surface area contributed by atoms with E-state index >= 15 is 0 Å². The minimum absolute atomic E-state index is 0.0805. The van der Waals surface area contributed by atoms with E-state index in [4.69, 9.17) is 14.2 Å². The maximum Gasteiger partial charge on any atom is 0.415 e. The van der Waals surface area contributed by atoms with Crippen molar-refractivity contribution in [2.75, 3.05) is 19.9 Å². The molecule has 2 atom stereocenters. The van der Waals surface area contributed by atoms with E-state index in [-0.39, 0.29) is 54.6 Å². The van der Waals surface area contributed by atoms with Gasteiger partial charge in [0.2, 0.25) is 18.6 Å². The number of piperazine rings is 1. The van der Waals surface area contributed by atoms with Crippen LogP contribution in [-0.2, 0) is 38.9 Å². The number of rotatable bonds is 10. The predicted molar refractivity (Wildman–Crippen MR) is 184 cm³/mol. The van der Waals surface area contributed by atoms with Crippen LogP contribution in [-0.4, -0.2) is 81.2 Å². The van der Waals surface area contributed by atoms with Crippen LogP contribution in [0.2, 0.25) is 0 Å². The highest BCUT2D eigenvalue weighted by molar-refractivity contribution is 7.91. The Balaban J connectivity index is 0.883. The Morgan fingerprint density at radius 1 is 1.02 bits per heavy atom. The number of aromatic nitrogens is 6. The number of sulfone groups is 1. The van der Waals surface area contributed by atoms with Crippen molar-refractivity contribution < 1.29 is 41.7 Å². The molecule has 2 amide bonds. The van der Waals surface area contributed by atoms with Gasteiger partial charge in [0, 0.05) is 23.0 Å². The molecule has 6 aromatic rings. The molecule has 3 aromatic heterocycles. The van der Waals surface area contributed by atoms with Crippen molar-refractivity contribution in [1.29, 1.82) is 0 Å². The molecule has 0 unspecified atom stereocenters. The minimum atomic E-state index is -4.24. The van der Waals surface area contributed by atoms with Crippen LogP contribution < -0.4 is 19.1 Å². The minimum Gasteiger partial charge on any atom is -0.454 e. The van der Waals surface area contributed by atoms with Crippen molar-refractivity contribution in [2.24, 2.45) is 0 Å². The van der Waals surface area contributed by atoms with Crippen LogP contribution in [0.4, 0.5) is 0 Å². The van der Waals surface area contributed by atoms with Gasteiger partial charge in [-0.2, -0.15) is 0 Å². The average molecular weight is 751 g/mol. The van der Waals surface area contributed by atoms with Crippen LogP contribution in [0, 0.1) is 5.21 Å². The number of hydrogen-bond acceptors (Lipinski definition) is 12. The predicted octanol–water partition coefficient (Wildman–Crippen LogP) is 2.46. The van der Waals surface area contributed by atoms with Gasteiger partial charge in [0.15, 0.2) is 11.5 Å². The second-order valence-electron chi connectivity index (χ2n) is 12.9. The summed E-state index contributed by atoms with van der Waals surface area (Å²) < 4.78 is 48.6.